The van der Waals surface area contributed by atoms with E-state index in [4.69, 9.17) is 14.6 Å². The zero-order valence-electron chi connectivity index (χ0n) is 23.6. The number of piperidine rings is 1. The molecule has 5 rings (SSSR count). The van der Waals surface area contributed by atoms with Crippen molar-refractivity contribution >= 4 is 33.7 Å². The van der Waals surface area contributed by atoms with Gasteiger partial charge >= 0.3 is 0 Å². The lowest BCUT2D eigenvalue weighted by molar-refractivity contribution is -0.122. The van der Waals surface area contributed by atoms with Crippen LogP contribution in [-0.2, 0) is 14.8 Å². The fourth-order valence-electron chi connectivity index (χ4n) is 4.45. The van der Waals surface area contributed by atoms with Crippen LogP contribution >= 0.6 is 0 Å². The van der Waals surface area contributed by atoms with E-state index < -0.39 is 10.0 Å². The Balaban J connectivity index is 0.00000129. The van der Waals surface area contributed by atoms with E-state index in [-0.39, 0.29) is 11.4 Å². The van der Waals surface area contributed by atoms with Crippen molar-refractivity contribution in [1.29, 1.82) is 0 Å². The van der Waals surface area contributed by atoms with Crippen molar-refractivity contribution in [3.05, 3.63) is 90.8 Å². The van der Waals surface area contributed by atoms with Crippen LogP contribution in [0.15, 0.2) is 90.1 Å². The molecule has 3 N–H and O–H groups in total. The number of anilines is 3. The zero-order valence-corrected chi connectivity index (χ0v) is 24.4. The fourth-order valence-corrected chi connectivity index (χ4v) is 5.51. The second-order valence-electron chi connectivity index (χ2n) is 10.1. The number of likely N-dealkylation sites (tertiary alicyclic amines) is 1. The van der Waals surface area contributed by atoms with Gasteiger partial charge in [0.2, 0.25) is 0 Å². The molecule has 220 valence electrons. The molecule has 1 aliphatic rings. The molecule has 4 aromatic rings. The first kappa shape index (κ1) is 30.5. The monoisotopic (exact) mass is 589 g/mol. The fraction of sp³-hybridized carbons (Fsp3) is 0.258. The summed E-state index contributed by atoms with van der Waals surface area (Å²) in [6.45, 7) is 4.68. The van der Waals surface area contributed by atoms with E-state index in [1.807, 2.05) is 37.3 Å². The van der Waals surface area contributed by atoms with Crippen molar-refractivity contribution in [2.75, 3.05) is 36.8 Å². The molecule has 0 bridgehead atoms. The lowest BCUT2D eigenvalue weighted by atomic mass is 9.98. The normalized spacial score (nSPS) is 13.9. The summed E-state index contributed by atoms with van der Waals surface area (Å²) in [6, 6.07) is 23.6. The summed E-state index contributed by atoms with van der Waals surface area (Å²) in [4.78, 5) is 19.7. The van der Waals surface area contributed by atoms with Gasteiger partial charge in [-0.25, -0.2) is 18.4 Å². The third-order valence-corrected chi connectivity index (χ3v) is 8.28. The van der Waals surface area contributed by atoms with Gasteiger partial charge in [-0.05, 0) is 106 Å². The van der Waals surface area contributed by atoms with Crippen molar-refractivity contribution in [3.8, 4) is 17.0 Å². The van der Waals surface area contributed by atoms with Gasteiger partial charge in [-0.2, -0.15) is 0 Å². The molecule has 11 heteroatoms. The number of hydrogen-bond acceptors (Lipinski definition) is 8. The largest absolute Gasteiger partial charge is 0.493 e. The third kappa shape index (κ3) is 8.76. The van der Waals surface area contributed by atoms with Gasteiger partial charge in [0.1, 0.15) is 17.9 Å². The smallest absolute Gasteiger partial charge is 0.290 e. The molecule has 1 aromatic heterocycles. The number of carbonyl (C=O) groups is 1. The highest BCUT2D eigenvalue weighted by Crippen LogP contribution is 2.26. The Morgan fingerprint density at radius 1 is 0.952 bits per heavy atom. The molecule has 1 fully saturated rings. The SMILES string of the molecule is Cc1ccc(S(=O)(=O)Nc2ccc(Nc3cc(-c4ccc(OCC5CCN(C)CC5)cc4)ncn3)cc2)cc1.O=CO. The molecule has 0 saturated carbocycles. The lowest BCUT2D eigenvalue weighted by Gasteiger charge is -2.28. The van der Waals surface area contributed by atoms with Crippen LogP contribution < -0.4 is 14.8 Å². The van der Waals surface area contributed by atoms with Crippen molar-refractivity contribution in [3.63, 3.8) is 0 Å². The maximum Gasteiger partial charge on any atom is 0.290 e. The Bertz CT molecular complexity index is 1540. The predicted molar refractivity (Wildman–Crippen MR) is 164 cm³/mol. The number of nitrogens with zero attached hydrogens (tertiary/aromatic N) is 3. The molecule has 0 spiro atoms. The molecular formula is C31H35N5O5S. The number of benzene rings is 3. The van der Waals surface area contributed by atoms with E-state index in [9.17, 15) is 8.42 Å². The van der Waals surface area contributed by atoms with Gasteiger partial charge in [-0.15, -0.1) is 0 Å². The molecule has 1 aliphatic heterocycles. The number of aromatic nitrogens is 2. The van der Waals surface area contributed by atoms with Gasteiger partial charge in [0.15, 0.2) is 0 Å². The average molecular weight is 590 g/mol. The van der Waals surface area contributed by atoms with Crippen LogP contribution in [0.5, 0.6) is 5.75 Å². The number of hydrogen-bond donors (Lipinski definition) is 3. The topological polar surface area (TPSA) is 134 Å². The van der Waals surface area contributed by atoms with Crippen molar-refractivity contribution < 1.29 is 23.1 Å². The predicted octanol–water partition coefficient (Wildman–Crippen LogP) is 5.42. The van der Waals surface area contributed by atoms with Crippen LogP contribution in [0.4, 0.5) is 17.2 Å². The summed E-state index contributed by atoms with van der Waals surface area (Å²) in [5.41, 5.74) is 4.00. The summed E-state index contributed by atoms with van der Waals surface area (Å²) >= 11 is 0. The molecule has 10 nitrogen and oxygen atoms in total. The van der Waals surface area contributed by atoms with E-state index in [1.165, 1.54) is 19.2 Å². The molecule has 2 heterocycles. The quantitative estimate of drug-likeness (QED) is 0.219. The van der Waals surface area contributed by atoms with Crippen LogP contribution in [0, 0.1) is 12.8 Å². The van der Waals surface area contributed by atoms with E-state index >= 15 is 0 Å². The molecule has 0 atom stereocenters. The summed E-state index contributed by atoms with van der Waals surface area (Å²) in [5.74, 6) is 2.11. The second-order valence-corrected chi connectivity index (χ2v) is 11.8. The van der Waals surface area contributed by atoms with Gasteiger partial charge in [0.25, 0.3) is 16.5 Å². The Kier molecular flexibility index (Phi) is 10.5. The first-order chi connectivity index (χ1) is 20.3. The van der Waals surface area contributed by atoms with Crippen LogP contribution in [0.2, 0.25) is 0 Å². The van der Waals surface area contributed by atoms with Gasteiger partial charge in [-0.1, -0.05) is 17.7 Å². The number of aryl methyl sites for hydroxylation is 1. The minimum absolute atomic E-state index is 0.223. The molecule has 42 heavy (non-hydrogen) atoms. The van der Waals surface area contributed by atoms with Gasteiger partial charge in [0.05, 0.1) is 17.2 Å². The molecular weight excluding hydrogens is 554 g/mol. The van der Waals surface area contributed by atoms with Crippen LogP contribution in [0.25, 0.3) is 11.3 Å². The zero-order chi connectivity index (χ0) is 30.0. The van der Waals surface area contributed by atoms with Crippen LogP contribution in [0.1, 0.15) is 18.4 Å². The molecule has 0 aliphatic carbocycles. The number of carboxylic acid groups (broad SMARTS) is 1. The number of rotatable bonds is 9. The highest BCUT2D eigenvalue weighted by Gasteiger charge is 2.17. The summed E-state index contributed by atoms with van der Waals surface area (Å²) in [6.07, 6.45) is 3.88. The van der Waals surface area contributed by atoms with Gasteiger partial charge in [0, 0.05) is 23.0 Å². The standard InChI is InChI=1S/C30H33N5O3S.CH2O2/c1-22-3-13-28(14-4-22)39(36,37)34-26-9-7-25(8-10-26)33-30-19-29(31-21-32-30)24-5-11-27(12-6-24)38-20-23-15-17-35(2)18-16-23;2-1-3/h3-14,19,21,23,34H,15-18,20H2,1-2H3,(H,31,32,33);1H,(H,2,3). The Labute approximate surface area is 246 Å². The van der Waals surface area contributed by atoms with E-state index in [0.29, 0.717) is 17.4 Å². The molecule has 1 saturated heterocycles. The Hall–Kier alpha value is -4.48. The molecule has 0 unspecified atom stereocenters. The van der Waals surface area contributed by atoms with Gasteiger partial charge in [-0.3, -0.25) is 9.52 Å². The Morgan fingerprint density at radius 2 is 1.57 bits per heavy atom. The van der Waals surface area contributed by atoms with Crippen LogP contribution in [-0.4, -0.2) is 61.6 Å². The van der Waals surface area contributed by atoms with Crippen molar-refractivity contribution in [2.45, 2.75) is 24.7 Å². The van der Waals surface area contributed by atoms with Crippen LogP contribution in [0.3, 0.4) is 0 Å². The van der Waals surface area contributed by atoms with Crippen molar-refractivity contribution in [2.24, 2.45) is 5.92 Å². The first-order valence-electron chi connectivity index (χ1n) is 13.5. The summed E-state index contributed by atoms with van der Waals surface area (Å²) in [7, 11) is -1.49. The number of sulfonamides is 1. The molecule has 0 radical (unpaired) electrons. The number of nitrogens with one attached hydrogen (secondary N) is 2. The molecule has 3 aromatic carbocycles. The van der Waals surface area contributed by atoms with Gasteiger partial charge < -0.3 is 20.1 Å². The average Bonchev–Trinajstić information content (AvgIpc) is 2.99. The van der Waals surface area contributed by atoms with E-state index in [1.54, 1.807) is 48.5 Å². The Morgan fingerprint density at radius 3 is 2.21 bits per heavy atom. The highest BCUT2D eigenvalue weighted by molar-refractivity contribution is 7.92. The summed E-state index contributed by atoms with van der Waals surface area (Å²) in [5, 5.41) is 10.1. The minimum atomic E-state index is -3.65. The van der Waals surface area contributed by atoms with Crippen molar-refractivity contribution in [1.82, 2.24) is 14.9 Å². The minimum Gasteiger partial charge on any atom is -0.493 e. The third-order valence-electron chi connectivity index (χ3n) is 6.88. The number of ether oxygens (including phenoxy) is 1. The lowest BCUT2D eigenvalue weighted by Crippen LogP contribution is -2.32. The first-order valence-corrected chi connectivity index (χ1v) is 15.0. The van der Waals surface area contributed by atoms with E-state index in [2.05, 4.69) is 32.0 Å². The van der Waals surface area contributed by atoms with E-state index in [0.717, 1.165) is 48.0 Å². The maximum atomic E-state index is 12.6. The molecule has 0 amide bonds. The highest BCUT2D eigenvalue weighted by atomic mass is 32.2. The maximum absolute atomic E-state index is 12.6. The second kappa shape index (κ2) is 14.4. The summed E-state index contributed by atoms with van der Waals surface area (Å²) < 4.78 is 34.0.